The van der Waals surface area contributed by atoms with Crippen LogP contribution in [0.25, 0.3) is 11.0 Å². The summed E-state index contributed by atoms with van der Waals surface area (Å²) in [6.07, 6.45) is 2.88. The predicted octanol–water partition coefficient (Wildman–Crippen LogP) is 4.02. The molecule has 0 spiro atoms. The number of fused-ring (bicyclic) bond motifs is 1. The summed E-state index contributed by atoms with van der Waals surface area (Å²) in [6.45, 7) is 1.88. The number of aromatic nitrogens is 1. The molecule has 27 heavy (non-hydrogen) atoms. The number of anilines is 1. The van der Waals surface area contributed by atoms with E-state index in [4.69, 9.17) is 9.15 Å². The summed E-state index contributed by atoms with van der Waals surface area (Å²) in [6, 6.07) is 5.39. The third kappa shape index (κ3) is 3.73. The van der Waals surface area contributed by atoms with Gasteiger partial charge in [0.15, 0.2) is 5.13 Å². The number of amides is 1. The number of thiazole rings is 1. The normalized spacial score (nSPS) is 13.7. The number of hydrogen-bond acceptors (Lipinski definition) is 6. The third-order valence-corrected chi connectivity index (χ3v) is 5.64. The Balaban J connectivity index is 1.47. The molecule has 4 rings (SSSR count). The SMILES string of the molecule is COc1ccc2c(C)c(CCC(=O)Nc3nc(C4CC4)cs3)c(=O)oc2c1. The number of nitrogens with zero attached hydrogens (tertiary/aromatic N) is 1. The van der Waals surface area contributed by atoms with Gasteiger partial charge in [-0.05, 0) is 43.9 Å². The van der Waals surface area contributed by atoms with Crippen LogP contribution in [0.2, 0.25) is 0 Å². The Morgan fingerprint density at radius 1 is 1.41 bits per heavy atom. The molecule has 1 aromatic carbocycles. The summed E-state index contributed by atoms with van der Waals surface area (Å²) >= 11 is 1.44. The summed E-state index contributed by atoms with van der Waals surface area (Å²) in [7, 11) is 1.56. The summed E-state index contributed by atoms with van der Waals surface area (Å²) in [4.78, 5) is 29.1. The van der Waals surface area contributed by atoms with Crippen molar-refractivity contribution >= 4 is 33.3 Å². The van der Waals surface area contributed by atoms with Crippen molar-refractivity contribution < 1.29 is 13.9 Å². The Kier molecular flexibility index (Phi) is 4.70. The Hall–Kier alpha value is -2.67. The van der Waals surface area contributed by atoms with Crippen LogP contribution < -0.4 is 15.7 Å². The Labute approximate surface area is 160 Å². The molecule has 140 valence electrons. The lowest BCUT2D eigenvalue weighted by Crippen LogP contribution is -2.16. The smallest absolute Gasteiger partial charge is 0.339 e. The number of hydrogen-bond donors (Lipinski definition) is 1. The van der Waals surface area contributed by atoms with Gasteiger partial charge in [0.2, 0.25) is 5.91 Å². The van der Waals surface area contributed by atoms with E-state index in [2.05, 4.69) is 10.3 Å². The van der Waals surface area contributed by atoms with Gasteiger partial charge in [0.05, 0.1) is 12.8 Å². The molecule has 0 aliphatic heterocycles. The van der Waals surface area contributed by atoms with E-state index in [9.17, 15) is 9.59 Å². The van der Waals surface area contributed by atoms with Crippen LogP contribution >= 0.6 is 11.3 Å². The molecule has 0 unspecified atom stereocenters. The molecule has 1 amide bonds. The second-order valence-electron chi connectivity index (χ2n) is 6.76. The molecular weight excluding hydrogens is 364 g/mol. The standard InChI is InChI=1S/C20H20N2O4S/c1-11-14-6-5-13(25-2)9-17(14)26-19(24)15(11)7-8-18(23)22-20-21-16(10-27-20)12-3-4-12/h5-6,9-10,12H,3-4,7-8H2,1-2H3,(H,21,22,23). The first-order chi connectivity index (χ1) is 13.0. The van der Waals surface area contributed by atoms with Crippen LogP contribution in [0.3, 0.4) is 0 Å². The van der Waals surface area contributed by atoms with Gasteiger partial charge in [0.1, 0.15) is 11.3 Å². The lowest BCUT2D eigenvalue weighted by atomic mass is 10.0. The zero-order chi connectivity index (χ0) is 19.0. The molecule has 7 heteroatoms. The zero-order valence-electron chi connectivity index (χ0n) is 15.2. The minimum absolute atomic E-state index is 0.152. The fourth-order valence-corrected chi connectivity index (χ4v) is 3.93. The van der Waals surface area contributed by atoms with E-state index >= 15 is 0 Å². The molecule has 0 saturated heterocycles. The summed E-state index contributed by atoms with van der Waals surface area (Å²) in [5.41, 5.74) is 2.51. The Morgan fingerprint density at radius 3 is 2.96 bits per heavy atom. The molecule has 1 aliphatic rings. The molecule has 1 aliphatic carbocycles. The van der Waals surface area contributed by atoms with Crippen LogP contribution in [0.1, 0.15) is 42.0 Å². The van der Waals surface area contributed by atoms with Gasteiger partial charge in [-0.1, -0.05) is 0 Å². The van der Waals surface area contributed by atoms with Crippen molar-refractivity contribution in [1.29, 1.82) is 0 Å². The molecule has 0 atom stereocenters. The number of benzene rings is 1. The molecule has 1 fully saturated rings. The summed E-state index contributed by atoms with van der Waals surface area (Å²) in [5.74, 6) is 1.04. The number of carbonyl (C=O) groups is 1. The molecule has 2 aromatic heterocycles. The number of carbonyl (C=O) groups excluding carboxylic acids is 1. The van der Waals surface area contributed by atoms with E-state index in [1.807, 2.05) is 24.4 Å². The van der Waals surface area contributed by atoms with Crippen LogP contribution in [0.4, 0.5) is 5.13 Å². The van der Waals surface area contributed by atoms with Crippen LogP contribution in [-0.4, -0.2) is 18.0 Å². The first kappa shape index (κ1) is 17.7. The molecule has 0 bridgehead atoms. The Bertz CT molecular complexity index is 1070. The lowest BCUT2D eigenvalue weighted by Gasteiger charge is -2.08. The number of methoxy groups -OCH3 is 1. The third-order valence-electron chi connectivity index (χ3n) is 4.86. The fourth-order valence-electron chi connectivity index (χ4n) is 3.12. The van der Waals surface area contributed by atoms with Gasteiger partial charge < -0.3 is 14.5 Å². The maximum Gasteiger partial charge on any atom is 0.339 e. The van der Waals surface area contributed by atoms with Crippen LogP contribution in [0.15, 0.2) is 32.8 Å². The van der Waals surface area contributed by atoms with Crippen molar-refractivity contribution in [2.75, 3.05) is 12.4 Å². The predicted molar refractivity (Wildman–Crippen MR) is 105 cm³/mol. The number of aryl methyl sites for hydroxylation is 1. The molecule has 2 heterocycles. The number of ether oxygens (including phenoxy) is 1. The van der Waals surface area contributed by atoms with Crippen molar-refractivity contribution in [2.24, 2.45) is 0 Å². The Morgan fingerprint density at radius 2 is 2.22 bits per heavy atom. The highest BCUT2D eigenvalue weighted by atomic mass is 32.1. The maximum atomic E-state index is 12.4. The van der Waals surface area contributed by atoms with Gasteiger partial charge in [-0.2, -0.15) is 0 Å². The summed E-state index contributed by atoms with van der Waals surface area (Å²) < 4.78 is 10.6. The van der Waals surface area contributed by atoms with Gasteiger partial charge in [-0.3, -0.25) is 4.79 Å². The second kappa shape index (κ2) is 7.15. The van der Waals surface area contributed by atoms with Crippen molar-refractivity contribution in [3.05, 3.63) is 50.8 Å². The van der Waals surface area contributed by atoms with E-state index in [1.54, 1.807) is 13.2 Å². The van der Waals surface area contributed by atoms with Crippen LogP contribution in [0.5, 0.6) is 5.75 Å². The lowest BCUT2D eigenvalue weighted by molar-refractivity contribution is -0.116. The molecule has 1 N–H and O–H groups in total. The van der Waals surface area contributed by atoms with Crippen LogP contribution in [0, 0.1) is 6.92 Å². The molecule has 6 nitrogen and oxygen atoms in total. The van der Waals surface area contributed by atoms with Gasteiger partial charge in [-0.15, -0.1) is 11.3 Å². The minimum atomic E-state index is -0.411. The van der Waals surface area contributed by atoms with E-state index < -0.39 is 5.63 Å². The fraction of sp³-hybridized carbons (Fsp3) is 0.350. The largest absolute Gasteiger partial charge is 0.497 e. The average molecular weight is 384 g/mol. The minimum Gasteiger partial charge on any atom is -0.497 e. The quantitative estimate of drug-likeness (QED) is 0.649. The highest BCUT2D eigenvalue weighted by Gasteiger charge is 2.26. The van der Waals surface area contributed by atoms with Gasteiger partial charge in [0, 0.05) is 34.7 Å². The van der Waals surface area contributed by atoms with E-state index in [1.165, 1.54) is 24.2 Å². The molecular formula is C20H20N2O4S. The number of nitrogens with one attached hydrogen (secondary N) is 1. The van der Waals surface area contributed by atoms with Gasteiger partial charge in [-0.25, -0.2) is 9.78 Å². The van der Waals surface area contributed by atoms with E-state index in [0.717, 1.165) is 16.6 Å². The van der Waals surface area contributed by atoms with Crippen molar-refractivity contribution in [3.8, 4) is 5.75 Å². The van der Waals surface area contributed by atoms with Crippen molar-refractivity contribution in [2.45, 2.75) is 38.5 Å². The zero-order valence-corrected chi connectivity index (χ0v) is 16.0. The highest BCUT2D eigenvalue weighted by Crippen LogP contribution is 2.40. The topological polar surface area (TPSA) is 81.4 Å². The molecule has 1 saturated carbocycles. The summed E-state index contributed by atoms with van der Waals surface area (Å²) in [5, 5.41) is 6.30. The van der Waals surface area contributed by atoms with E-state index in [-0.39, 0.29) is 12.3 Å². The number of rotatable bonds is 6. The first-order valence-electron chi connectivity index (χ1n) is 8.90. The monoisotopic (exact) mass is 384 g/mol. The second-order valence-corrected chi connectivity index (χ2v) is 7.61. The van der Waals surface area contributed by atoms with Gasteiger partial charge >= 0.3 is 5.63 Å². The first-order valence-corrected chi connectivity index (χ1v) is 9.78. The van der Waals surface area contributed by atoms with Crippen molar-refractivity contribution in [1.82, 2.24) is 4.98 Å². The van der Waals surface area contributed by atoms with E-state index in [0.29, 0.717) is 34.4 Å². The molecule has 0 radical (unpaired) electrons. The average Bonchev–Trinajstić information content (AvgIpc) is 3.40. The maximum absolute atomic E-state index is 12.4. The highest BCUT2D eigenvalue weighted by molar-refractivity contribution is 7.13. The molecule has 3 aromatic rings. The van der Waals surface area contributed by atoms with Crippen LogP contribution in [-0.2, 0) is 11.2 Å². The van der Waals surface area contributed by atoms with Gasteiger partial charge in [0.25, 0.3) is 0 Å². The van der Waals surface area contributed by atoms with Crippen molar-refractivity contribution in [3.63, 3.8) is 0 Å².